The average Bonchev–Trinajstić information content (AvgIpc) is 3.24. The maximum atomic E-state index is 13.8. The van der Waals surface area contributed by atoms with Gasteiger partial charge in [-0.2, -0.15) is 0 Å². The van der Waals surface area contributed by atoms with Crippen LogP contribution in [0.3, 0.4) is 0 Å². The first kappa shape index (κ1) is 17.2. The molecule has 5 heteroatoms. The molecule has 4 rings (SSSR count). The molecule has 2 fully saturated rings. The van der Waals surface area contributed by atoms with Gasteiger partial charge in [-0.05, 0) is 37.4 Å². The lowest BCUT2D eigenvalue weighted by atomic mass is 9.93. The summed E-state index contributed by atoms with van der Waals surface area (Å²) < 4.78 is 26.8. The molecule has 0 spiro atoms. The van der Waals surface area contributed by atoms with Crippen LogP contribution in [-0.4, -0.2) is 23.4 Å². The van der Waals surface area contributed by atoms with Crippen molar-refractivity contribution in [2.24, 2.45) is 5.92 Å². The van der Waals surface area contributed by atoms with Gasteiger partial charge in [0.05, 0.1) is 5.92 Å². The van der Waals surface area contributed by atoms with Gasteiger partial charge in [-0.15, -0.1) is 0 Å². The van der Waals surface area contributed by atoms with Gasteiger partial charge in [-0.25, -0.2) is 8.78 Å². The van der Waals surface area contributed by atoms with Gasteiger partial charge in [-0.1, -0.05) is 36.4 Å². The third kappa shape index (κ3) is 3.23. The monoisotopic (exact) mass is 356 g/mol. The number of benzene rings is 2. The second kappa shape index (κ2) is 7.16. The molecule has 0 aromatic heterocycles. The first-order chi connectivity index (χ1) is 12.6. The Bertz CT molecular complexity index is 796. The molecular formula is C21H22F2N2O. The molecule has 3 atom stereocenters. The molecule has 136 valence electrons. The third-order valence-electron chi connectivity index (χ3n) is 5.67. The van der Waals surface area contributed by atoms with Crippen molar-refractivity contribution in [3.63, 3.8) is 0 Å². The highest BCUT2D eigenvalue weighted by atomic mass is 19.1. The summed E-state index contributed by atoms with van der Waals surface area (Å²) in [4.78, 5) is 15.2. The Labute approximate surface area is 152 Å². The molecule has 1 amide bonds. The number of rotatable bonds is 4. The van der Waals surface area contributed by atoms with E-state index in [0.717, 1.165) is 31.9 Å². The van der Waals surface area contributed by atoms with Crippen LogP contribution < -0.4 is 5.32 Å². The Hall–Kier alpha value is -2.27. The van der Waals surface area contributed by atoms with Crippen LogP contribution in [0.5, 0.6) is 0 Å². The number of hydrogen-bond acceptors (Lipinski definition) is 2. The number of fused-ring (bicyclic) bond motifs is 1. The molecule has 2 aliphatic rings. The molecule has 26 heavy (non-hydrogen) atoms. The van der Waals surface area contributed by atoms with E-state index in [1.165, 1.54) is 17.7 Å². The first-order valence-corrected chi connectivity index (χ1v) is 9.16. The van der Waals surface area contributed by atoms with Crippen LogP contribution in [0.1, 0.15) is 36.4 Å². The van der Waals surface area contributed by atoms with E-state index >= 15 is 0 Å². The van der Waals surface area contributed by atoms with Crippen molar-refractivity contribution in [1.29, 1.82) is 0 Å². The average molecular weight is 356 g/mol. The fourth-order valence-corrected chi connectivity index (χ4v) is 4.43. The Morgan fingerprint density at radius 1 is 1.15 bits per heavy atom. The first-order valence-electron chi connectivity index (χ1n) is 9.16. The molecule has 2 aliphatic heterocycles. The minimum atomic E-state index is -0.624. The maximum Gasteiger partial charge on any atom is 0.225 e. The summed E-state index contributed by atoms with van der Waals surface area (Å²) in [6.45, 7) is 1.10. The summed E-state index contributed by atoms with van der Waals surface area (Å²) in [5.41, 5.74) is 1.56. The van der Waals surface area contributed by atoms with Gasteiger partial charge in [0.15, 0.2) is 0 Å². The van der Waals surface area contributed by atoms with Crippen LogP contribution in [0.25, 0.3) is 0 Å². The summed E-state index contributed by atoms with van der Waals surface area (Å²) in [5.74, 6) is -1.36. The van der Waals surface area contributed by atoms with Crippen molar-refractivity contribution >= 4 is 5.91 Å². The number of carbonyl (C=O) groups is 1. The highest BCUT2D eigenvalue weighted by molar-refractivity contribution is 5.80. The molecule has 1 N–H and O–H groups in total. The Morgan fingerprint density at radius 3 is 2.73 bits per heavy atom. The van der Waals surface area contributed by atoms with Crippen molar-refractivity contribution in [2.75, 3.05) is 6.54 Å². The van der Waals surface area contributed by atoms with Crippen LogP contribution >= 0.6 is 0 Å². The van der Waals surface area contributed by atoms with E-state index in [-0.39, 0.29) is 30.5 Å². The normalized spacial score (nSPS) is 25.2. The molecule has 3 nitrogen and oxygen atoms in total. The van der Waals surface area contributed by atoms with Crippen LogP contribution in [0.15, 0.2) is 48.5 Å². The molecule has 0 aliphatic carbocycles. The number of nitrogens with one attached hydrogen (secondary N) is 1. The van der Waals surface area contributed by atoms with Crippen LogP contribution in [-0.2, 0) is 11.3 Å². The van der Waals surface area contributed by atoms with Gasteiger partial charge >= 0.3 is 0 Å². The zero-order valence-electron chi connectivity index (χ0n) is 14.5. The lowest BCUT2D eigenvalue weighted by molar-refractivity contribution is -0.125. The van der Waals surface area contributed by atoms with Gasteiger partial charge in [0, 0.05) is 30.3 Å². The van der Waals surface area contributed by atoms with Crippen LogP contribution in [0.4, 0.5) is 8.78 Å². The summed E-state index contributed by atoms with van der Waals surface area (Å²) in [6.07, 6.45) is 2.91. The van der Waals surface area contributed by atoms with E-state index in [0.29, 0.717) is 5.56 Å². The van der Waals surface area contributed by atoms with E-state index in [2.05, 4.69) is 22.3 Å². The fraction of sp³-hybridized carbons (Fsp3) is 0.381. The van der Waals surface area contributed by atoms with E-state index in [4.69, 9.17) is 0 Å². The third-order valence-corrected chi connectivity index (χ3v) is 5.67. The van der Waals surface area contributed by atoms with Crippen LogP contribution in [0, 0.1) is 17.6 Å². The molecule has 2 aromatic carbocycles. The number of hydrogen-bond donors (Lipinski definition) is 1. The topological polar surface area (TPSA) is 32.3 Å². The SMILES string of the molecule is O=C(NCc1ccc(F)cc1F)[C@@H]1C[C@H](c2ccccc2)N2CCC[C@@H]12. The van der Waals surface area contributed by atoms with Crippen molar-refractivity contribution in [3.8, 4) is 0 Å². The van der Waals surface area contributed by atoms with Crippen molar-refractivity contribution in [1.82, 2.24) is 10.2 Å². The lowest BCUT2D eigenvalue weighted by Crippen LogP contribution is -2.37. The van der Waals surface area contributed by atoms with E-state index in [1.54, 1.807) is 0 Å². The van der Waals surface area contributed by atoms with Gasteiger partial charge in [0.1, 0.15) is 11.6 Å². The van der Waals surface area contributed by atoms with Gasteiger partial charge < -0.3 is 5.32 Å². The molecule has 2 aromatic rings. The number of amides is 1. The predicted octanol–water partition coefficient (Wildman–Crippen LogP) is 3.81. The smallest absolute Gasteiger partial charge is 0.225 e. The van der Waals surface area contributed by atoms with Crippen molar-refractivity contribution in [3.05, 3.63) is 71.3 Å². The molecule has 0 saturated carbocycles. The minimum Gasteiger partial charge on any atom is -0.352 e. The van der Waals surface area contributed by atoms with E-state index in [9.17, 15) is 13.6 Å². The number of halogens is 2. The molecule has 0 bridgehead atoms. The van der Waals surface area contributed by atoms with Crippen molar-refractivity contribution in [2.45, 2.75) is 37.9 Å². The summed E-state index contributed by atoms with van der Waals surface area (Å²) in [5, 5.41) is 2.86. The van der Waals surface area contributed by atoms with Gasteiger partial charge in [0.25, 0.3) is 0 Å². The van der Waals surface area contributed by atoms with Crippen LogP contribution in [0.2, 0.25) is 0 Å². The summed E-state index contributed by atoms with van der Waals surface area (Å²) >= 11 is 0. The quantitative estimate of drug-likeness (QED) is 0.904. The Kier molecular flexibility index (Phi) is 4.72. The Balaban J connectivity index is 1.46. The molecule has 0 radical (unpaired) electrons. The number of carbonyl (C=O) groups excluding carboxylic acids is 1. The zero-order chi connectivity index (χ0) is 18.1. The second-order valence-corrected chi connectivity index (χ2v) is 7.17. The molecule has 0 unspecified atom stereocenters. The summed E-state index contributed by atoms with van der Waals surface area (Å²) in [7, 11) is 0. The number of nitrogens with zero attached hydrogens (tertiary/aromatic N) is 1. The van der Waals surface area contributed by atoms with Crippen molar-refractivity contribution < 1.29 is 13.6 Å². The second-order valence-electron chi connectivity index (χ2n) is 7.17. The van der Waals surface area contributed by atoms with Gasteiger partial charge in [-0.3, -0.25) is 9.69 Å². The molecule has 2 saturated heterocycles. The lowest BCUT2D eigenvalue weighted by Gasteiger charge is -2.24. The highest BCUT2D eigenvalue weighted by Gasteiger charge is 2.46. The maximum absolute atomic E-state index is 13.8. The largest absolute Gasteiger partial charge is 0.352 e. The Morgan fingerprint density at radius 2 is 1.96 bits per heavy atom. The highest BCUT2D eigenvalue weighted by Crippen LogP contribution is 2.44. The summed E-state index contributed by atoms with van der Waals surface area (Å²) in [6, 6.07) is 14.3. The molecular weight excluding hydrogens is 334 g/mol. The van der Waals surface area contributed by atoms with E-state index in [1.807, 2.05) is 18.2 Å². The fourth-order valence-electron chi connectivity index (χ4n) is 4.43. The predicted molar refractivity (Wildman–Crippen MR) is 95.2 cm³/mol. The molecule has 2 heterocycles. The standard InChI is InChI=1S/C21H22F2N2O/c22-16-9-8-15(18(23)11-16)13-24-21(26)17-12-20(14-5-2-1-3-6-14)25-10-4-7-19(17)25/h1-3,5-6,8-9,11,17,19-20H,4,7,10,12-13H2,(H,24,26)/t17-,19+,20-/m1/s1. The minimum absolute atomic E-state index is 0.0379. The zero-order valence-corrected chi connectivity index (χ0v) is 14.5. The van der Waals surface area contributed by atoms with Gasteiger partial charge in [0.2, 0.25) is 5.91 Å². The van der Waals surface area contributed by atoms with E-state index < -0.39 is 11.6 Å².